The molecule has 6 nitrogen and oxygen atoms in total. The van der Waals surface area contributed by atoms with Crippen LogP contribution in [0.1, 0.15) is 10.4 Å². The van der Waals surface area contributed by atoms with Crippen LogP contribution in [0.5, 0.6) is 0 Å². The van der Waals surface area contributed by atoms with E-state index in [1.165, 1.54) is 11.8 Å². The number of nitrogens with one attached hydrogen (secondary N) is 1. The molecule has 3 rings (SSSR count). The Labute approximate surface area is 141 Å². The number of tetrazole rings is 1. The summed E-state index contributed by atoms with van der Waals surface area (Å²) in [6.45, 7) is 2.57. The van der Waals surface area contributed by atoms with Crippen LogP contribution in [0.25, 0.3) is 5.69 Å². The number of rotatable bonds is 6. The van der Waals surface area contributed by atoms with Crippen molar-refractivity contribution in [2.24, 2.45) is 0 Å². The van der Waals surface area contributed by atoms with Gasteiger partial charge in [0.15, 0.2) is 0 Å². The summed E-state index contributed by atoms with van der Waals surface area (Å²) in [7, 11) is 0. The van der Waals surface area contributed by atoms with Crippen LogP contribution in [0, 0.1) is 6.92 Å². The second-order valence-corrected chi connectivity index (χ2v) is 6.83. The average molecular weight is 345 g/mol. The molecule has 0 aliphatic heterocycles. The highest BCUT2D eigenvalue weighted by Gasteiger charge is 2.11. The van der Waals surface area contributed by atoms with Gasteiger partial charge in [-0.05, 0) is 46.5 Å². The zero-order valence-electron chi connectivity index (χ0n) is 12.5. The highest BCUT2D eigenvalue weighted by atomic mass is 32.2. The van der Waals surface area contributed by atoms with Crippen molar-refractivity contribution in [1.82, 2.24) is 25.5 Å². The first-order valence-corrected chi connectivity index (χ1v) is 8.86. The number of nitrogens with zero attached hydrogens (tertiary/aromatic N) is 4. The number of thioether (sulfide) groups is 1. The molecule has 0 aliphatic rings. The summed E-state index contributed by atoms with van der Waals surface area (Å²) in [5, 5.41) is 17.2. The zero-order valence-corrected chi connectivity index (χ0v) is 14.1. The Balaban J connectivity index is 1.58. The van der Waals surface area contributed by atoms with Gasteiger partial charge >= 0.3 is 0 Å². The summed E-state index contributed by atoms with van der Waals surface area (Å²) in [5.41, 5.74) is 2.01. The fourth-order valence-electron chi connectivity index (χ4n) is 1.97. The van der Waals surface area contributed by atoms with E-state index in [4.69, 9.17) is 0 Å². The van der Waals surface area contributed by atoms with Gasteiger partial charge in [-0.3, -0.25) is 4.79 Å². The van der Waals surface area contributed by atoms with Gasteiger partial charge in [0.1, 0.15) is 0 Å². The van der Waals surface area contributed by atoms with Crippen LogP contribution in [-0.2, 0) is 11.3 Å². The Morgan fingerprint density at radius 1 is 1.35 bits per heavy atom. The van der Waals surface area contributed by atoms with E-state index < -0.39 is 0 Å². The summed E-state index contributed by atoms with van der Waals surface area (Å²) >= 11 is 2.94. The highest BCUT2D eigenvalue weighted by Crippen LogP contribution is 2.18. The number of aromatic nitrogens is 4. The smallest absolute Gasteiger partial charge is 0.230 e. The number of amides is 1. The lowest BCUT2D eigenvalue weighted by Crippen LogP contribution is -2.24. The minimum absolute atomic E-state index is 0.0396. The van der Waals surface area contributed by atoms with E-state index in [0.717, 1.165) is 16.1 Å². The Hall–Kier alpha value is -2.19. The minimum Gasteiger partial charge on any atom is -0.350 e. The van der Waals surface area contributed by atoms with Crippen LogP contribution >= 0.6 is 23.1 Å². The molecule has 0 unspecified atom stereocenters. The standard InChI is InChI=1S/C15H15N5OS2/c1-11-4-2-5-12(8-11)20-15(17-18-19-20)23-10-14(21)16-9-13-6-3-7-22-13/h2-8H,9-10H2,1H3,(H,16,21). The van der Waals surface area contributed by atoms with Crippen LogP contribution in [0.15, 0.2) is 46.9 Å². The molecule has 2 aromatic heterocycles. The topological polar surface area (TPSA) is 72.7 Å². The lowest BCUT2D eigenvalue weighted by molar-refractivity contribution is -0.118. The number of carbonyl (C=O) groups is 1. The van der Waals surface area contributed by atoms with Crippen LogP contribution in [0.3, 0.4) is 0 Å². The summed E-state index contributed by atoms with van der Waals surface area (Å²) in [6, 6.07) is 11.9. The Morgan fingerprint density at radius 3 is 3.04 bits per heavy atom. The monoisotopic (exact) mass is 345 g/mol. The summed E-state index contributed by atoms with van der Waals surface area (Å²) < 4.78 is 1.64. The number of benzene rings is 1. The molecule has 0 atom stereocenters. The lowest BCUT2D eigenvalue weighted by atomic mass is 10.2. The van der Waals surface area contributed by atoms with Crippen LogP contribution < -0.4 is 5.32 Å². The van der Waals surface area contributed by atoms with E-state index >= 15 is 0 Å². The second-order valence-electron chi connectivity index (χ2n) is 4.86. The fourth-order valence-corrected chi connectivity index (χ4v) is 3.34. The molecule has 0 spiro atoms. The Bertz CT molecular complexity index is 785. The van der Waals surface area contributed by atoms with Gasteiger partial charge in [-0.1, -0.05) is 30.0 Å². The van der Waals surface area contributed by atoms with Crippen LogP contribution in [0.2, 0.25) is 0 Å². The van der Waals surface area contributed by atoms with Gasteiger partial charge in [-0.15, -0.1) is 16.4 Å². The zero-order chi connectivity index (χ0) is 16.1. The maximum atomic E-state index is 11.9. The van der Waals surface area contributed by atoms with E-state index in [1.54, 1.807) is 16.0 Å². The number of aryl methyl sites for hydroxylation is 1. The van der Waals surface area contributed by atoms with Crippen molar-refractivity contribution >= 4 is 29.0 Å². The molecule has 0 bridgehead atoms. The molecule has 0 saturated carbocycles. The first-order chi connectivity index (χ1) is 11.2. The van der Waals surface area contributed by atoms with E-state index in [-0.39, 0.29) is 11.7 Å². The number of thiophene rings is 1. The van der Waals surface area contributed by atoms with Gasteiger partial charge in [0.2, 0.25) is 11.1 Å². The van der Waals surface area contributed by atoms with E-state index in [9.17, 15) is 4.79 Å². The lowest BCUT2D eigenvalue weighted by Gasteiger charge is -2.05. The third-order valence-corrected chi connectivity index (χ3v) is 4.86. The quantitative estimate of drug-likeness (QED) is 0.695. The van der Waals surface area contributed by atoms with Gasteiger partial charge in [0.05, 0.1) is 18.0 Å². The van der Waals surface area contributed by atoms with Crippen molar-refractivity contribution in [3.8, 4) is 5.69 Å². The first kappa shape index (κ1) is 15.7. The molecule has 0 fully saturated rings. The number of hydrogen-bond acceptors (Lipinski definition) is 6. The van der Waals surface area contributed by atoms with E-state index in [2.05, 4.69) is 20.8 Å². The second kappa shape index (κ2) is 7.38. The molecule has 1 amide bonds. The van der Waals surface area contributed by atoms with Crippen molar-refractivity contribution in [2.75, 3.05) is 5.75 Å². The van der Waals surface area contributed by atoms with E-state index in [1.807, 2.05) is 48.7 Å². The number of hydrogen-bond donors (Lipinski definition) is 1. The predicted octanol–water partition coefficient (Wildman–Crippen LogP) is 2.44. The molecular weight excluding hydrogens is 330 g/mol. The van der Waals surface area contributed by atoms with Crippen molar-refractivity contribution in [3.63, 3.8) is 0 Å². The SMILES string of the molecule is Cc1cccc(-n2nnnc2SCC(=O)NCc2cccs2)c1. The van der Waals surface area contributed by atoms with Gasteiger partial charge in [0.25, 0.3) is 0 Å². The predicted molar refractivity (Wildman–Crippen MR) is 90.8 cm³/mol. The molecule has 1 N–H and O–H groups in total. The summed E-state index contributed by atoms with van der Waals surface area (Å²) in [6.07, 6.45) is 0. The molecular formula is C15H15N5OS2. The van der Waals surface area contributed by atoms with Crippen LogP contribution in [-0.4, -0.2) is 31.9 Å². The highest BCUT2D eigenvalue weighted by molar-refractivity contribution is 7.99. The third-order valence-electron chi connectivity index (χ3n) is 3.06. The largest absolute Gasteiger partial charge is 0.350 e. The summed E-state index contributed by atoms with van der Waals surface area (Å²) in [4.78, 5) is 13.1. The third kappa shape index (κ3) is 4.17. The molecule has 118 valence electrons. The average Bonchev–Trinajstić information content (AvgIpc) is 3.22. The van der Waals surface area contributed by atoms with Crippen molar-refractivity contribution in [1.29, 1.82) is 0 Å². The molecule has 23 heavy (non-hydrogen) atoms. The van der Waals surface area contributed by atoms with Gasteiger partial charge in [-0.2, -0.15) is 4.68 Å². The van der Waals surface area contributed by atoms with Crippen LogP contribution in [0.4, 0.5) is 0 Å². The first-order valence-electron chi connectivity index (χ1n) is 6.99. The Morgan fingerprint density at radius 2 is 2.26 bits per heavy atom. The molecule has 3 aromatic rings. The normalized spacial score (nSPS) is 10.7. The molecule has 0 aliphatic carbocycles. The van der Waals surface area contributed by atoms with Gasteiger partial charge in [-0.25, -0.2) is 0 Å². The summed E-state index contributed by atoms with van der Waals surface area (Å²) in [5.74, 6) is 0.236. The maximum Gasteiger partial charge on any atom is 0.230 e. The molecule has 0 saturated heterocycles. The minimum atomic E-state index is -0.0396. The molecule has 8 heteroatoms. The Kier molecular flexibility index (Phi) is 5.04. The van der Waals surface area contributed by atoms with E-state index in [0.29, 0.717) is 11.7 Å². The molecule has 0 radical (unpaired) electrons. The molecule has 2 heterocycles. The molecule has 1 aromatic carbocycles. The van der Waals surface area contributed by atoms with Gasteiger partial charge < -0.3 is 5.32 Å². The number of carbonyl (C=O) groups excluding carboxylic acids is 1. The van der Waals surface area contributed by atoms with Crippen molar-refractivity contribution in [2.45, 2.75) is 18.6 Å². The van der Waals surface area contributed by atoms with Gasteiger partial charge in [0, 0.05) is 4.88 Å². The van der Waals surface area contributed by atoms with Crippen molar-refractivity contribution in [3.05, 3.63) is 52.2 Å². The maximum absolute atomic E-state index is 11.9. The fraction of sp³-hybridized carbons (Fsp3) is 0.200. The van der Waals surface area contributed by atoms with Crippen molar-refractivity contribution < 1.29 is 4.79 Å².